The molecule has 2 amide bonds. The molecule has 3 aromatic rings. The Balaban J connectivity index is 1.63. The molecule has 9 heteroatoms. The fraction of sp³-hybridized carbons (Fsp3) is 0.250. The molecule has 0 aliphatic rings. The zero-order valence-corrected chi connectivity index (χ0v) is 21.8. The molecule has 1 aromatic heterocycles. The number of hydrogen-bond acceptors (Lipinski definition) is 5. The molecular formula is C24H26IN5O2S. The number of halogens is 1. The first-order valence-corrected chi connectivity index (χ1v) is 12.4. The van der Waals surface area contributed by atoms with Crippen LogP contribution in [0.25, 0.3) is 0 Å². The number of nitrogens with zero attached hydrogens (tertiary/aromatic N) is 3. The minimum absolute atomic E-state index is 0.116. The van der Waals surface area contributed by atoms with E-state index in [1.165, 1.54) is 11.8 Å². The van der Waals surface area contributed by atoms with E-state index in [4.69, 9.17) is 0 Å². The second-order valence-electron chi connectivity index (χ2n) is 7.60. The lowest BCUT2D eigenvalue weighted by molar-refractivity contribution is -0.113. The standard InChI is InChI=1S/C24H26IN5O2S/c1-5-10-30-20(13-26-23(32)18-8-6-15(2)7-9-18)28-29-24(30)33-14-21(31)27-22-16(3)11-19(25)12-17(22)4/h5-9,11-12H,1,10,13-14H2,2-4H3,(H,26,32)(H,27,31). The topological polar surface area (TPSA) is 88.9 Å². The van der Waals surface area contributed by atoms with E-state index in [0.29, 0.717) is 23.1 Å². The van der Waals surface area contributed by atoms with Crippen LogP contribution in [0.15, 0.2) is 54.2 Å². The van der Waals surface area contributed by atoms with Gasteiger partial charge in [0.25, 0.3) is 5.91 Å². The van der Waals surface area contributed by atoms with E-state index >= 15 is 0 Å². The van der Waals surface area contributed by atoms with Crippen LogP contribution in [0.2, 0.25) is 0 Å². The maximum Gasteiger partial charge on any atom is 0.251 e. The van der Waals surface area contributed by atoms with E-state index < -0.39 is 0 Å². The Morgan fingerprint density at radius 3 is 2.42 bits per heavy atom. The summed E-state index contributed by atoms with van der Waals surface area (Å²) in [4.78, 5) is 25.0. The summed E-state index contributed by atoms with van der Waals surface area (Å²) in [5, 5.41) is 14.9. The molecule has 1 heterocycles. The van der Waals surface area contributed by atoms with E-state index in [0.717, 1.165) is 25.9 Å². The molecule has 3 rings (SSSR count). The molecule has 0 aliphatic heterocycles. The summed E-state index contributed by atoms with van der Waals surface area (Å²) in [6, 6.07) is 11.4. The van der Waals surface area contributed by atoms with Crippen molar-refractivity contribution in [1.82, 2.24) is 20.1 Å². The molecule has 0 spiro atoms. The summed E-state index contributed by atoms with van der Waals surface area (Å²) in [5.41, 5.74) is 4.57. The number of benzene rings is 2. The van der Waals surface area contributed by atoms with Crippen molar-refractivity contribution in [3.63, 3.8) is 0 Å². The SMILES string of the molecule is C=CCn1c(CNC(=O)c2ccc(C)cc2)nnc1SCC(=O)Nc1c(C)cc(I)cc1C. The second-order valence-corrected chi connectivity index (χ2v) is 9.79. The molecule has 0 atom stereocenters. The van der Waals surface area contributed by atoms with Gasteiger partial charge in [0, 0.05) is 21.4 Å². The number of nitrogens with one attached hydrogen (secondary N) is 2. The number of hydrogen-bond donors (Lipinski definition) is 2. The van der Waals surface area contributed by atoms with Crippen molar-refractivity contribution in [2.24, 2.45) is 0 Å². The van der Waals surface area contributed by atoms with Crippen molar-refractivity contribution >= 4 is 51.9 Å². The van der Waals surface area contributed by atoms with Gasteiger partial charge in [-0.05, 0) is 78.8 Å². The first-order valence-electron chi connectivity index (χ1n) is 10.4. The number of thioether (sulfide) groups is 1. The van der Waals surface area contributed by atoms with Crippen LogP contribution < -0.4 is 10.6 Å². The smallest absolute Gasteiger partial charge is 0.251 e. The lowest BCUT2D eigenvalue weighted by atomic mass is 10.1. The maximum atomic E-state index is 12.6. The summed E-state index contributed by atoms with van der Waals surface area (Å²) in [5.74, 6) is 0.493. The second kappa shape index (κ2) is 11.5. The van der Waals surface area contributed by atoms with E-state index in [2.05, 4.69) is 50.0 Å². The van der Waals surface area contributed by atoms with Gasteiger partial charge in [-0.2, -0.15) is 0 Å². The van der Waals surface area contributed by atoms with Crippen LogP contribution in [0.5, 0.6) is 0 Å². The number of aryl methyl sites for hydroxylation is 3. The fourth-order valence-electron chi connectivity index (χ4n) is 3.25. The average molecular weight is 575 g/mol. The van der Waals surface area contributed by atoms with Crippen molar-refractivity contribution < 1.29 is 9.59 Å². The average Bonchev–Trinajstić information content (AvgIpc) is 3.15. The van der Waals surface area contributed by atoms with E-state index in [-0.39, 0.29) is 24.1 Å². The third-order valence-corrected chi connectivity index (χ3v) is 6.51. The van der Waals surface area contributed by atoms with Crippen molar-refractivity contribution in [3.8, 4) is 0 Å². The summed E-state index contributed by atoms with van der Waals surface area (Å²) in [7, 11) is 0. The highest BCUT2D eigenvalue weighted by Crippen LogP contribution is 2.24. The van der Waals surface area contributed by atoms with Crippen molar-refractivity contribution in [3.05, 3.63) is 80.7 Å². The van der Waals surface area contributed by atoms with Gasteiger partial charge in [-0.1, -0.05) is 35.5 Å². The molecule has 0 aliphatic carbocycles. The highest BCUT2D eigenvalue weighted by atomic mass is 127. The Morgan fingerprint density at radius 2 is 1.79 bits per heavy atom. The van der Waals surface area contributed by atoms with Crippen LogP contribution in [0, 0.1) is 24.3 Å². The highest BCUT2D eigenvalue weighted by Gasteiger charge is 2.16. The number of carbonyl (C=O) groups excluding carboxylic acids is 2. The molecule has 2 N–H and O–H groups in total. The predicted octanol–water partition coefficient (Wildman–Crippen LogP) is 4.65. The van der Waals surface area contributed by atoms with Crippen LogP contribution in [-0.4, -0.2) is 32.3 Å². The van der Waals surface area contributed by atoms with Crippen LogP contribution in [-0.2, 0) is 17.9 Å². The summed E-state index contributed by atoms with van der Waals surface area (Å²) < 4.78 is 2.98. The third kappa shape index (κ3) is 6.67. The molecule has 172 valence electrons. The van der Waals surface area contributed by atoms with Gasteiger partial charge in [0.1, 0.15) is 0 Å². The molecule has 0 radical (unpaired) electrons. The Morgan fingerprint density at radius 1 is 1.12 bits per heavy atom. The van der Waals surface area contributed by atoms with Gasteiger partial charge in [-0.3, -0.25) is 9.59 Å². The monoisotopic (exact) mass is 575 g/mol. The van der Waals surface area contributed by atoms with Crippen LogP contribution >= 0.6 is 34.4 Å². The molecule has 0 saturated carbocycles. The Hall–Kier alpha value is -2.66. The predicted molar refractivity (Wildman–Crippen MR) is 141 cm³/mol. The normalized spacial score (nSPS) is 10.7. The Kier molecular flexibility index (Phi) is 8.67. The lowest BCUT2D eigenvalue weighted by Crippen LogP contribution is -2.24. The van der Waals surface area contributed by atoms with E-state index in [9.17, 15) is 9.59 Å². The lowest BCUT2D eigenvalue weighted by Gasteiger charge is -2.12. The van der Waals surface area contributed by atoms with Crippen molar-refractivity contribution in [1.29, 1.82) is 0 Å². The molecular weight excluding hydrogens is 549 g/mol. The van der Waals surface area contributed by atoms with Gasteiger partial charge in [0.2, 0.25) is 5.91 Å². The number of aromatic nitrogens is 3. The molecule has 2 aromatic carbocycles. The molecule has 0 bridgehead atoms. The van der Waals surface area contributed by atoms with Gasteiger partial charge in [-0.15, -0.1) is 16.8 Å². The van der Waals surface area contributed by atoms with Crippen molar-refractivity contribution in [2.45, 2.75) is 39.0 Å². The van der Waals surface area contributed by atoms with Gasteiger partial charge in [0.05, 0.1) is 12.3 Å². The first-order chi connectivity index (χ1) is 15.8. The van der Waals surface area contributed by atoms with Gasteiger partial charge < -0.3 is 15.2 Å². The first kappa shape index (κ1) is 25.0. The largest absolute Gasteiger partial charge is 0.345 e. The summed E-state index contributed by atoms with van der Waals surface area (Å²) in [6.07, 6.45) is 1.73. The Bertz CT molecular complexity index is 1150. The summed E-state index contributed by atoms with van der Waals surface area (Å²) in [6.45, 7) is 10.4. The quantitative estimate of drug-likeness (QED) is 0.220. The van der Waals surface area contributed by atoms with Crippen molar-refractivity contribution in [2.75, 3.05) is 11.1 Å². The third-order valence-electron chi connectivity index (χ3n) is 4.92. The highest BCUT2D eigenvalue weighted by molar-refractivity contribution is 14.1. The number of anilines is 1. The van der Waals surface area contributed by atoms with Crippen LogP contribution in [0.3, 0.4) is 0 Å². The Labute approximate surface area is 211 Å². The molecule has 0 saturated heterocycles. The molecule has 7 nitrogen and oxygen atoms in total. The molecule has 0 fully saturated rings. The molecule has 0 unspecified atom stereocenters. The number of amides is 2. The maximum absolute atomic E-state index is 12.6. The zero-order chi connectivity index (χ0) is 24.0. The molecule has 33 heavy (non-hydrogen) atoms. The fourth-order valence-corrected chi connectivity index (χ4v) is 4.95. The zero-order valence-electron chi connectivity index (χ0n) is 18.8. The minimum Gasteiger partial charge on any atom is -0.345 e. The number of allylic oxidation sites excluding steroid dienone is 1. The number of rotatable bonds is 9. The summed E-state index contributed by atoms with van der Waals surface area (Å²) >= 11 is 3.56. The van der Waals surface area contributed by atoms with Gasteiger partial charge >= 0.3 is 0 Å². The van der Waals surface area contributed by atoms with Gasteiger partial charge in [-0.25, -0.2) is 0 Å². The van der Waals surface area contributed by atoms with E-state index in [1.54, 1.807) is 18.2 Å². The minimum atomic E-state index is -0.181. The van der Waals surface area contributed by atoms with Gasteiger partial charge in [0.15, 0.2) is 11.0 Å². The van der Waals surface area contributed by atoms with E-state index in [1.807, 2.05) is 49.6 Å². The van der Waals surface area contributed by atoms with Crippen LogP contribution in [0.1, 0.15) is 32.9 Å². The number of carbonyl (C=O) groups is 2. The van der Waals surface area contributed by atoms with Crippen LogP contribution in [0.4, 0.5) is 5.69 Å².